The van der Waals surface area contributed by atoms with Crippen molar-refractivity contribution in [2.45, 2.75) is 19.4 Å². The van der Waals surface area contributed by atoms with E-state index in [1.165, 1.54) is 40.4 Å². The summed E-state index contributed by atoms with van der Waals surface area (Å²) in [7, 11) is 1.52. The van der Waals surface area contributed by atoms with Crippen LogP contribution in [0.15, 0.2) is 78.9 Å². The molecule has 0 bridgehead atoms. The van der Waals surface area contributed by atoms with E-state index in [1.54, 1.807) is 0 Å². The number of aliphatic carboxylic acids is 1. The number of fused-ring (bicyclic) bond motifs is 3. The maximum atomic E-state index is 11.6. The van der Waals surface area contributed by atoms with Crippen molar-refractivity contribution in [2.24, 2.45) is 0 Å². The van der Waals surface area contributed by atoms with E-state index in [9.17, 15) is 14.7 Å². The Hall–Kier alpha value is -3.66. The van der Waals surface area contributed by atoms with Crippen LogP contribution in [0.4, 0.5) is 0 Å². The summed E-state index contributed by atoms with van der Waals surface area (Å²) in [6.45, 7) is 1.38. The van der Waals surface area contributed by atoms with E-state index in [0.717, 1.165) is 16.7 Å². The molecule has 0 fully saturated rings. The molecule has 1 atom stereocenters. The van der Waals surface area contributed by atoms with Crippen molar-refractivity contribution < 1.29 is 14.7 Å². The van der Waals surface area contributed by atoms with Crippen LogP contribution >= 0.6 is 0 Å². The van der Waals surface area contributed by atoms with Gasteiger partial charge in [0.25, 0.3) is 0 Å². The SMILES string of the molecule is CC(=O)N(C)[C@@H](Cc1ccc(-c2cc3ccccc3c3ccccc23)cc1)C(=O)O. The molecule has 4 rings (SSSR count). The monoisotopic (exact) mass is 397 g/mol. The zero-order valence-corrected chi connectivity index (χ0v) is 17.0. The molecule has 4 aromatic rings. The zero-order chi connectivity index (χ0) is 21.3. The van der Waals surface area contributed by atoms with Crippen LogP contribution in [0.25, 0.3) is 32.7 Å². The lowest BCUT2D eigenvalue weighted by atomic mass is 9.92. The van der Waals surface area contributed by atoms with E-state index in [2.05, 4.69) is 42.5 Å². The quantitative estimate of drug-likeness (QED) is 0.475. The smallest absolute Gasteiger partial charge is 0.326 e. The van der Waals surface area contributed by atoms with Gasteiger partial charge in [-0.2, -0.15) is 0 Å². The number of likely N-dealkylation sites (N-methyl/N-ethyl adjacent to an activating group) is 1. The van der Waals surface area contributed by atoms with Gasteiger partial charge in [-0.05, 0) is 44.3 Å². The molecule has 4 nitrogen and oxygen atoms in total. The highest BCUT2D eigenvalue weighted by atomic mass is 16.4. The number of nitrogens with zero attached hydrogens (tertiary/aromatic N) is 1. The maximum Gasteiger partial charge on any atom is 0.326 e. The van der Waals surface area contributed by atoms with Crippen LogP contribution in [0, 0.1) is 0 Å². The predicted molar refractivity (Wildman–Crippen MR) is 120 cm³/mol. The zero-order valence-electron chi connectivity index (χ0n) is 17.0. The Morgan fingerprint density at radius 1 is 0.867 bits per heavy atom. The molecule has 0 aromatic heterocycles. The first-order valence-electron chi connectivity index (χ1n) is 9.91. The highest BCUT2D eigenvalue weighted by Gasteiger charge is 2.24. The van der Waals surface area contributed by atoms with Gasteiger partial charge >= 0.3 is 5.97 Å². The summed E-state index contributed by atoms with van der Waals surface area (Å²) in [5.41, 5.74) is 3.10. The van der Waals surface area contributed by atoms with Crippen molar-refractivity contribution in [3.05, 3.63) is 84.4 Å². The van der Waals surface area contributed by atoms with Gasteiger partial charge in [0.2, 0.25) is 5.91 Å². The Kier molecular flexibility index (Phi) is 5.23. The molecule has 0 heterocycles. The third-order valence-electron chi connectivity index (χ3n) is 5.71. The summed E-state index contributed by atoms with van der Waals surface area (Å²) < 4.78 is 0. The minimum atomic E-state index is -1.00. The largest absolute Gasteiger partial charge is 0.480 e. The molecule has 0 aliphatic rings. The van der Waals surface area contributed by atoms with E-state index in [-0.39, 0.29) is 12.3 Å². The molecule has 0 radical (unpaired) electrons. The molecule has 4 aromatic carbocycles. The molecular weight excluding hydrogens is 374 g/mol. The van der Waals surface area contributed by atoms with Crippen LogP contribution in [0.3, 0.4) is 0 Å². The number of hydrogen-bond acceptors (Lipinski definition) is 2. The average Bonchev–Trinajstić information content (AvgIpc) is 2.76. The number of amides is 1. The maximum absolute atomic E-state index is 11.6. The summed E-state index contributed by atoms with van der Waals surface area (Å²) >= 11 is 0. The molecule has 0 aliphatic carbocycles. The topological polar surface area (TPSA) is 57.6 Å². The summed E-state index contributed by atoms with van der Waals surface area (Å²) in [5, 5.41) is 14.3. The Bertz CT molecular complexity index is 1240. The molecule has 0 spiro atoms. The van der Waals surface area contributed by atoms with Gasteiger partial charge in [-0.3, -0.25) is 4.79 Å². The van der Waals surface area contributed by atoms with Gasteiger partial charge in [0, 0.05) is 20.4 Å². The summed E-state index contributed by atoms with van der Waals surface area (Å²) in [6, 6.07) is 26.0. The van der Waals surface area contributed by atoms with E-state index in [1.807, 2.05) is 36.4 Å². The molecule has 0 aliphatic heterocycles. The first kappa shape index (κ1) is 19.6. The van der Waals surface area contributed by atoms with E-state index >= 15 is 0 Å². The minimum Gasteiger partial charge on any atom is -0.480 e. The number of carboxylic acids is 1. The van der Waals surface area contributed by atoms with E-state index < -0.39 is 12.0 Å². The van der Waals surface area contributed by atoms with Gasteiger partial charge in [0.1, 0.15) is 6.04 Å². The number of carbonyl (C=O) groups excluding carboxylic acids is 1. The molecule has 30 heavy (non-hydrogen) atoms. The van der Waals surface area contributed by atoms with Crippen molar-refractivity contribution in [1.82, 2.24) is 4.90 Å². The second-order valence-electron chi connectivity index (χ2n) is 7.58. The number of carbonyl (C=O) groups is 2. The van der Waals surface area contributed by atoms with Gasteiger partial charge in [-0.25, -0.2) is 4.79 Å². The van der Waals surface area contributed by atoms with Crippen LogP contribution in [0.1, 0.15) is 12.5 Å². The molecule has 0 saturated heterocycles. The molecule has 4 heteroatoms. The third-order valence-corrected chi connectivity index (χ3v) is 5.71. The van der Waals surface area contributed by atoms with Crippen molar-refractivity contribution in [3.8, 4) is 11.1 Å². The second kappa shape index (κ2) is 7.99. The standard InChI is InChI=1S/C26H23NO3/c1-17(28)27(2)25(26(29)30)15-18-11-13-19(14-12-18)24-16-20-7-3-4-8-21(20)22-9-5-6-10-23(22)24/h3-14,16,25H,15H2,1-2H3,(H,29,30)/t25-/m0/s1. The minimum absolute atomic E-state index is 0.262. The molecule has 150 valence electrons. The fourth-order valence-electron chi connectivity index (χ4n) is 3.95. The number of hydrogen-bond donors (Lipinski definition) is 1. The van der Waals surface area contributed by atoms with Gasteiger partial charge in [0.05, 0.1) is 0 Å². The van der Waals surface area contributed by atoms with Crippen LogP contribution in [0.2, 0.25) is 0 Å². The molecule has 1 N–H and O–H groups in total. The van der Waals surface area contributed by atoms with Crippen LogP contribution in [-0.2, 0) is 16.0 Å². The second-order valence-corrected chi connectivity index (χ2v) is 7.58. The number of rotatable bonds is 5. The van der Waals surface area contributed by atoms with E-state index in [0.29, 0.717) is 0 Å². The third kappa shape index (κ3) is 3.64. The average molecular weight is 397 g/mol. The Labute approximate surface area is 175 Å². The van der Waals surface area contributed by atoms with Crippen molar-refractivity contribution in [3.63, 3.8) is 0 Å². The molecular formula is C26H23NO3. The van der Waals surface area contributed by atoms with Crippen LogP contribution in [-0.4, -0.2) is 35.0 Å². The van der Waals surface area contributed by atoms with Gasteiger partial charge in [0.15, 0.2) is 0 Å². The lowest BCUT2D eigenvalue weighted by molar-refractivity contribution is -0.148. The Morgan fingerprint density at radius 3 is 2.10 bits per heavy atom. The van der Waals surface area contributed by atoms with Crippen LogP contribution in [0.5, 0.6) is 0 Å². The summed E-state index contributed by atoms with van der Waals surface area (Å²) in [5.74, 6) is -1.26. The normalized spacial score (nSPS) is 12.1. The summed E-state index contributed by atoms with van der Waals surface area (Å²) in [6.07, 6.45) is 0.268. The lowest BCUT2D eigenvalue weighted by Gasteiger charge is -2.23. The fourth-order valence-corrected chi connectivity index (χ4v) is 3.95. The highest BCUT2D eigenvalue weighted by molar-refractivity contribution is 6.13. The van der Waals surface area contributed by atoms with Gasteiger partial charge in [-0.1, -0.05) is 72.8 Å². The van der Waals surface area contributed by atoms with Crippen molar-refractivity contribution >= 4 is 33.4 Å². The number of benzene rings is 4. The number of carboxylic acid groups (broad SMARTS) is 1. The van der Waals surface area contributed by atoms with Gasteiger partial charge < -0.3 is 10.0 Å². The van der Waals surface area contributed by atoms with Crippen molar-refractivity contribution in [2.75, 3.05) is 7.05 Å². The Balaban J connectivity index is 1.73. The fraction of sp³-hybridized carbons (Fsp3) is 0.154. The predicted octanol–water partition coefficient (Wildman–Crippen LogP) is 5.13. The Morgan fingerprint density at radius 2 is 1.47 bits per heavy atom. The molecule has 0 saturated carbocycles. The first-order valence-corrected chi connectivity index (χ1v) is 9.91. The first-order chi connectivity index (χ1) is 14.5. The van der Waals surface area contributed by atoms with Gasteiger partial charge in [-0.15, -0.1) is 0 Å². The molecule has 1 amide bonds. The molecule has 0 unspecified atom stereocenters. The highest BCUT2D eigenvalue weighted by Crippen LogP contribution is 2.34. The summed E-state index contributed by atoms with van der Waals surface area (Å²) in [4.78, 5) is 24.5. The van der Waals surface area contributed by atoms with Crippen molar-refractivity contribution in [1.29, 1.82) is 0 Å². The van der Waals surface area contributed by atoms with Crippen LogP contribution < -0.4 is 0 Å². The lowest BCUT2D eigenvalue weighted by Crippen LogP contribution is -2.42. The van der Waals surface area contributed by atoms with E-state index in [4.69, 9.17) is 0 Å².